The van der Waals surface area contributed by atoms with Gasteiger partial charge in [0, 0.05) is 16.3 Å². The van der Waals surface area contributed by atoms with E-state index in [0.29, 0.717) is 16.9 Å². The number of amides is 2. The third-order valence-corrected chi connectivity index (χ3v) is 7.14. The van der Waals surface area contributed by atoms with Crippen molar-refractivity contribution in [3.63, 3.8) is 0 Å². The quantitative estimate of drug-likeness (QED) is 0.351. The van der Waals surface area contributed by atoms with Gasteiger partial charge in [0.15, 0.2) is 0 Å². The van der Waals surface area contributed by atoms with Crippen LogP contribution in [0.5, 0.6) is 0 Å². The van der Waals surface area contributed by atoms with Crippen LogP contribution in [0.25, 0.3) is 32.9 Å². The summed E-state index contributed by atoms with van der Waals surface area (Å²) in [5, 5.41) is 12.3. The number of carbonyl (C=O) groups is 2. The van der Waals surface area contributed by atoms with E-state index in [4.69, 9.17) is 5.73 Å². The molecule has 2 amide bonds. The molecular weight excluding hydrogens is 466 g/mol. The highest BCUT2D eigenvalue weighted by Crippen LogP contribution is 2.40. The fraction of sp³-hybridized carbons (Fsp3) is 0.138. The Labute approximate surface area is 213 Å². The number of hydrogen-bond acceptors (Lipinski definition) is 4. The first-order valence-corrected chi connectivity index (χ1v) is 12.0. The van der Waals surface area contributed by atoms with E-state index >= 15 is 0 Å². The molecule has 3 heterocycles. The van der Waals surface area contributed by atoms with Gasteiger partial charge in [-0.15, -0.1) is 0 Å². The zero-order chi connectivity index (χ0) is 26.1. The van der Waals surface area contributed by atoms with Crippen molar-refractivity contribution in [1.82, 2.24) is 4.98 Å². The summed E-state index contributed by atoms with van der Waals surface area (Å²) in [5.74, 6) is -0.277. The van der Waals surface area contributed by atoms with Crippen molar-refractivity contribution in [2.75, 3.05) is 4.90 Å². The van der Waals surface area contributed by atoms with Gasteiger partial charge in [0.2, 0.25) is 0 Å². The maximum atomic E-state index is 13.2. The van der Waals surface area contributed by atoms with E-state index in [2.05, 4.69) is 9.98 Å². The number of nitrogens with two attached hydrogens (primary N) is 1. The van der Waals surface area contributed by atoms with E-state index in [1.165, 1.54) is 0 Å². The zero-order valence-electron chi connectivity index (χ0n) is 20.7. The lowest BCUT2D eigenvalue weighted by Crippen LogP contribution is -3.07. The lowest BCUT2D eigenvalue weighted by atomic mass is 9.92. The molecule has 0 saturated carbocycles. The van der Waals surface area contributed by atoms with E-state index in [0.717, 1.165) is 49.1 Å². The predicted molar refractivity (Wildman–Crippen MR) is 144 cm³/mol. The minimum Gasteiger partial charge on any atom is -0.386 e. The second-order valence-electron chi connectivity index (χ2n) is 9.91. The number of quaternary nitrogens is 1. The molecule has 2 aliphatic rings. The molecule has 6 rings (SSSR count). The summed E-state index contributed by atoms with van der Waals surface area (Å²) >= 11 is 0. The Hall–Kier alpha value is -4.53. The van der Waals surface area contributed by atoms with E-state index in [9.17, 15) is 14.7 Å². The van der Waals surface area contributed by atoms with Crippen molar-refractivity contribution in [2.24, 2.45) is 10.7 Å². The van der Waals surface area contributed by atoms with Crippen molar-refractivity contribution >= 4 is 45.1 Å². The predicted octanol–water partition coefficient (Wildman–Crippen LogP) is 3.21. The van der Waals surface area contributed by atoms with Crippen LogP contribution in [0.3, 0.4) is 0 Å². The summed E-state index contributed by atoms with van der Waals surface area (Å²) in [7, 11) is 0. The SMILES string of the molecule is Cc1c(-c2ccc(C(N)=O)c3[nH]c4cc(C(C)(C)O)ccc4c23)cccc1N1C=C[NH+]2C=CN=C2C1=O. The normalized spacial score (nSPS) is 17.1. The number of nitrogens with zero attached hydrogens (tertiary/aromatic N) is 2. The Morgan fingerprint density at radius 3 is 2.68 bits per heavy atom. The first-order chi connectivity index (χ1) is 17.6. The van der Waals surface area contributed by atoms with Crippen LogP contribution >= 0.6 is 0 Å². The lowest BCUT2D eigenvalue weighted by Gasteiger charge is -2.25. The zero-order valence-corrected chi connectivity index (χ0v) is 20.7. The van der Waals surface area contributed by atoms with E-state index in [1.807, 2.05) is 61.8 Å². The maximum Gasteiger partial charge on any atom is 0.338 e. The van der Waals surface area contributed by atoms with Crippen molar-refractivity contribution in [3.05, 3.63) is 90.0 Å². The minimum atomic E-state index is -1.02. The molecule has 4 aromatic rings. The van der Waals surface area contributed by atoms with Gasteiger partial charge in [-0.3, -0.25) is 14.5 Å². The van der Waals surface area contributed by atoms with Crippen molar-refractivity contribution in [3.8, 4) is 11.1 Å². The van der Waals surface area contributed by atoms with Crippen LogP contribution in [-0.2, 0) is 10.4 Å². The van der Waals surface area contributed by atoms with E-state index in [1.54, 1.807) is 37.2 Å². The number of fused-ring (bicyclic) bond motifs is 4. The average Bonchev–Trinajstić information content (AvgIpc) is 3.48. The van der Waals surface area contributed by atoms with E-state index < -0.39 is 11.5 Å². The molecule has 1 unspecified atom stereocenters. The summed E-state index contributed by atoms with van der Waals surface area (Å²) in [6, 6.07) is 15.2. The van der Waals surface area contributed by atoms with Gasteiger partial charge in [0.25, 0.3) is 5.91 Å². The average molecular weight is 493 g/mol. The van der Waals surface area contributed by atoms with Gasteiger partial charge in [-0.2, -0.15) is 4.99 Å². The molecular formula is C29H26N5O3+. The highest BCUT2D eigenvalue weighted by Gasteiger charge is 2.35. The molecule has 37 heavy (non-hydrogen) atoms. The topological polar surface area (TPSA) is 116 Å². The molecule has 8 heteroatoms. The van der Waals surface area contributed by atoms with Crippen LogP contribution in [0, 0.1) is 6.92 Å². The number of aliphatic imine (C=N–C) groups is 1. The Morgan fingerprint density at radius 2 is 1.92 bits per heavy atom. The summed E-state index contributed by atoms with van der Waals surface area (Å²) in [4.78, 5) is 35.5. The maximum absolute atomic E-state index is 13.2. The van der Waals surface area contributed by atoms with Gasteiger partial charge >= 0.3 is 11.7 Å². The molecule has 0 saturated heterocycles. The first kappa shape index (κ1) is 22.9. The number of amidine groups is 1. The molecule has 1 aromatic heterocycles. The molecule has 3 aromatic carbocycles. The van der Waals surface area contributed by atoms with Gasteiger partial charge < -0.3 is 15.8 Å². The third-order valence-electron chi connectivity index (χ3n) is 7.14. The molecule has 0 bridgehead atoms. The van der Waals surface area contributed by atoms with Gasteiger partial charge in [0.05, 0.1) is 34.8 Å². The first-order valence-electron chi connectivity index (χ1n) is 12.0. The van der Waals surface area contributed by atoms with Crippen LogP contribution in [0.1, 0.15) is 35.3 Å². The van der Waals surface area contributed by atoms with Crippen LogP contribution < -0.4 is 15.5 Å². The Kier molecular flexibility index (Phi) is 4.95. The Bertz CT molecular complexity index is 1740. The standard InChI is InChI=1S/C29H25N5O3/c1-16-18(5-4-6-23(16)34-14-13-33-12-11-31-27(33)28(34)36)19-9-10-21(26(30)35)25-24(19)20-8-7-17(29(2,3)37)15-22(20)32-25/h4-15,32,37H,1-3H3,(H2,30,35)/p+1. The second kappa shape index (κ2) is 7.99. The van der Waals surface area contributed by atoms with Gasteiger partial charge in [-0.25, -0.2) is 4.90 Å². The number of rotatable bonds is 4. The highest BCUT2D eigenvalue weighted by molar-refractivity contribution is 6.41. The van der Waals surface area contributed by atoms with Crippen LogP contribution in [-0.4, -0.2) is 27.7 Å². The monoisotopic (exact) mass is 492 g/mol. The summed E-state index contributed by atoms with van der Waals surface area (Å²) in [5.41, 5.74) is 10.8. The molecule has 8 nitrogen and oxygen atoms in total. The van der Waals surface area contributed by atoms with Crippen LogP contribution in [0.4, 0.5) is 5.69 Å². The van der Waals surface area contributed by atoms with Crippen LogP contribution in [0.15, 0.2) is 78.3 Å². The van der Waals surface area contributed by atoms with Gasteiger partial charge in [-0.1, -0.05) is 30.3 Å². The number of H-pyrrole nitrogens is 1. The number of carbonyl (C=O) groups excluding carboxylic acids is 2. The number of aliphatic hydroxyl groups is 1. The smallest absolute Gasteiger partial charge is 0.338 e. The second-order valence-corrected chi connectivity index (χ2v) is 9.91. The van der Waals surface area contributed by atoms with Gasteiger partial charge in [0.1, 0.15) is 12.4 Å². The molecule has 0 radical (unpaired) electrons. The summed E-state index contributed by atoms with van der Waals surface area (Å²) in [6.07, 6.45) is 7.11. The summed E-state index contributed by atoms with van der Waals surface area (Å²) in [6.45, 7) is 5.45. The van der Waals surface area contributed by atoms with E-state index in [-0.39, 0.29) is 5.91 Å². The fourth-order valence-corrected chi connectivity index (χ4v) is 5.18. The molecule has 1 atom stereocenters. The van der Waals surface area contributed by atoms with Crippen molar-refractivity contribution < 1.29 is 19.6 Å². The van der Waals surface area contributed by atoms with Crippen molar-refractivity contribution in [2.45, 2.75) is 26.4 Å². The number of aromatic amines is 1. The van der Waals surface area contributed by atoms with Gasteiger partial charge in [-0.05, 0) is 61.2 Å². The highest BCUT2D eigenvalue weighted by atomic mass is 16.3. The largest absolute Gasteiger partial charge is 0.386 e. The molecule has 0 fully saturated rings. The fourth-order valence-electron chi connectivity index (χ4n) is 5.18. The number of hydrogen-bond donors (Lipinski definition) is 4. The minimum absolute atomic E-state index is 0.178. The Balaban J connectivity index is 1.57. The number of anilines is 1. The number of primary amides is 1. The Morgan fingerprint density at radius 1 is 1.11 bits per heavy atom. The molecule has 0 spiro atoms. The third kappa shape index (κ3) is 3.49. The molecule has 5 N–H and O–H groups in total. The number of nitrogens with one attached hydrogen (secondary N) is 2. The van der Waals surface area contributed by atoms with Crippen LogP contribution in [0.2, 0.25) is 0 Å². The number of benzene rings is 3. The summed E-state index contributed by atoms with van der Waals surface area (Å²) < 4.78 is 0. The molecule has 2 aliphatic heterocycles. The molecule has 0 aliphatic carbocycles. The number of aromatic nitrogens is 1. The lowest BCUT2D eigenvalue weighted by molar-refractivity contribution is -0.678. The van der Waals surface area contributed by atoms with Crippen molar-refractivity contribution in [1.29, 1.82) is 0 Å². The molecule has 184 valence electrons.